The first-order chi connectivity index (χ1) is 12.0. The molecule has 1 amide bonds. The molecule has 1 aliphatic rings. The van der Waals surface area contributed by atoms with Gasteiger partial charge in [0.25, 0.3) is 11.6 Å². The number of carbonyl (C=O) groups is 1. The van der Waals surface area contributed by atoms with Crippen LogP contribution in [-0.2, 0) is 0 Å². The topological polar surface area (TPSA) is 98.7 Å². The maximum absolute atomic E-state index is 12.5. The SMILES string of the molecule is Nc1cccc(C(=O)N2CCC(Oc3ccc([N+](=O)[O-])cc3)CC2)c1. The number of ether oxygens (including phenoxy) is 1. The molecule has 0 aromatic heterocycles. The van der Waals surface area contributed by atoms with Crippen molar-refractivity contribution in [2.45, 2.75) is 18.9 Å². The first-order valence-electron chi connectivity index (χ1n) is 8.09. The van der Waals surface area contributed by atoms with E-state index in [1.165, 1.54) is 12.1 Å². The van der Waals surface area contributed by atoms with E-state index >= 15 is 0 Å². The van der Waals surface area contributed by atoms with Crippen LogP contribution < -0.4 is 10.5 Å². The van der Waals surface area contributed by atoms with Gasteiger partial charge in [-0.05, 0) is 30.3 Å². The van der Waals surface area contributed by atoms with Gasteiger partial charge in [0.1, 0.15) is 11.9 Å². The first kappa shape index (κ1) is 16.8. The number of carbonyl (C=O) groups excluding carboxylic acids is 1. The highest BCUT2D eigenvalue weighted by Crippen LogP contribution is 2.23. The van der Waals surface area contributed by atoms with Crippen molar-refractivity contribution in [3.05, 3.63) is 64.2 Å². The Morgan fingerprint density at radius 3 is 2.44 bits per heavy atom. The number of rotatable bonds is 4. The molecule has 0 aliphatic carbocycles. The van der Waals surface area contributed by atoms with E-state index in [0.717, 1.165) is 0 Å². The van der Waals surface area contributed by atoms with Gasteiger partial charge in [-0.25, -0.2) is 0 Å². The molecule has 0 radical (unpaired) electrons. The van der Waals surface area contributed by atoms with E-state index in [9.17, 15) is 14.9 Å². The molecule has 2 aromatic carbocycles. The van der Waals surface area contributed by atoms with Gasteiger partial charge in [0, 0.05) is 49.3 Å². The molecular formula is C18H19N3O4. The minimum absolute atomic E-state index is 0.00801. The average molecular weight is 341 g/mol. The van der Waals surface area contributed by atoms with Gasteiger partial charge in [0.2, 0.25) is 0 Å². The molecule has 7 nitrogen and oxygen atoms in total. The fraction of sp³-hybridized carbons (Fsp3) is 0.278. The van der Waals surface area contributed by atoms with E-state index in [-0.39, 0.29) is 17.7 Å². The van der Waals surface area contributed by atoms with Crippen molar-refractivity contribution in [2.75, 3.05) is 18.8 Å². The summed E-state index contributed by atoms with van der Waals surface area (Å²) >= 11 is 0. The minimum Gasteiger partial charge on any atom is -0.490 e. The third-order valence-electron chi connectivity index (χ3n) is 4.21. The lowest BCUT2D eigenvalue weighted by Gasteiger charge is -2.32. The number of benzene rings is 2. The monoisotopic (exact) mass is 341 g/mol. The maximum Gasteiger partial charge on any atom is 0.269 e. The summed E-state index contributed by atoms with van der Waals surface area (Å²) < 4.78 is 5.86. The number of anilines is 1. The zero-order chi connectivity index (χ0) is 17.8. The van der Waals surface area contributed by atoms with E-state index in [4.69, 9.17) is 10.5 Å². The molecule has 130 valence electrons. The quantitative estimate of drug-likeness (QED) is 0.524. The number of hydrogen-bond acceptors (Lipinski definition) is 5. The zero-order valence-corrected chi connectivity index (χ0v) is 13.6. The number of nitrogens with zero attached hydrogens (tertiary/aromatic N) is 2. The lowest BCUT2D eigenvalue weighted by atomic mass is 10.1. The fourth-order valence-electron chi connectivity index (χ4n) is 2.87. The van der Waals surface area contributed by atoms with Crippen LogP contribution in [0, 0.1) is 10.1 Å². The molecule has 0 bridgehead atoms. The Labute approximate surface area is 145 Å². The predicted octanol–water partition coefficient (Wildman–Crippen LogP) is 2.86. The van der Waals surface area contributed by atoms with Crippen molar-refractivity contribution in [3.8, 4) is 5.75 Å². The van der Waals surface area contributed by atoms with Crippen molar-refractivity contribution in [2.24, 2.45) is 0 Å². The highest BCUT2D eigenvalue weighted by atomic mass is 16.6. The molecule has 1 fully saturated rings. The number of piperidine rings is 1. The van der Waals surface area contributed by atoms with Gasteiger partial charge in [0.15, 0.2) is 0 Å². The lowest BCUT2D eigenvalue weighted by Crippen LogP contribution is -2.41. The van der Waals surface area contributed by atoms with Gasteiger partial charge >= 0.3 is 0 Å². The van der Waals surface area contributed by atoms with Gasteiger partial charge in [-0.2, -0.15) is 0 Å². The van der Waals surface area contributed by atoms with E-state index in [0.29, 0.717) is 42.9 Å². The van der Waals surface area contributed by atoms with Crippen LogP contribution >= 0.6 is 0 Å². The summed E-state index contributed by atoms with van der Waals surface area (Å²) in [5.41, 5.74) is 6.93. The molecule has 1 aliphatic heterocycles. The molecule has 0 unspecified atom stereocenters. The van der Waals surface area contributed by atoms with Crippen molar-refractivity contribution in [1.29, 1.82) is 0 Å². The van der Waals surface area contributed by atoms with E-state index in [2.05, 4.69) is 0 Å². The zero-order valence-electron chi connectivity index (χ0n) is 13.6. The Morgan fingerprint density at radius 2 is 1.84 bits per heavy atom. The molecular weight excluding hydrogens is 322 g/mol. The minimum atomic E-state index is -0.440. The maximum atomic E-state index is 12.5. The largest absolute Gasteiger partial charge is 0.490 e. The Hall–Kier alpha value is -3.09. The summed E-state index contributed by atoms with van der Waals surface area (Å²) in [6.45, 7) is 1.20. The van der Waals surface area contributed by atoms with Gasteiger partial charge in [-0.15, -0.1) is 0 Å². The number of likely N-dealkylation sites (tertiary alicyclic amines) is 1. The Kier molecular flexibility index (Phi) is 4.83. The normalized spacial score (nSPS) is 15.0. The molecule has 2 N–H and O–H groups in total. The number of nitrogens with two attached hydrogens (primary N) is 1. The van der Waals surface area contributed by atoms with Crippen LogP contribution in [0.25, 0.3) is 0 Å². The third-order valence-corrected chi connectivity index (χ3v) is 4.21. The van der Waals surface area contributed by atoms with Gasteiger partial charge < -0.3 is 15.4 Å². The van der Waals surface area contributed by atoms with Crippen molar-refractivity contribution >= 4 is 17.3 Å². The molecule has 3 rings (SSSR count). The molecule has 7 heteroatoms. The third kappa shape index (κ3) is 4.06. The van der Waals surface area contributed by atoms with Crippen molar-refractivity contribution in [3.63, 3.8) is 0 Å². The molecule has 0 saturated carbocycles. The van der Waals surface area contributed by atoms with Crippen molar-refractivity contribution < 1.29 is 14.5 Å². The fourth-order valence-corrected chi connectivity index (χ4v) is 2.87. The van der Waals surface area contributed by atoms with Crippen LogP contribution in [0.5, 0.6) is 5.75 Å². The molecule has 1 saturated heterocycles. The number of amides is 1. The number of nitro benzene ring substituents is 1. The molecule has 25 heavy (non-hydrogen) atoms. The molecule has 1 heterocycles. The predicted molar refractivity (Wildman–Crippen MR) is 93.5 cm³/mol. The summed E-state index contributed by atoms with van der Waals surface area (Å²) in [6, 6.07) is 13.0. The van der Waals surface area contributed by atoms with Crippen LogP contribution in [0.1, 0.15) is 23.2 Å². The second-order valence-corrected chi connectivity index (χ2v) is 5.99. The van der Waals surface area contributed by atoms with Crippen LogP contribution in [0.3, 0.4) is 0 Å². The molecule has 0 atom stereocenters. The number of non-ortho nitro benzene ring substituents is 1. The number of nitro groups is 1. The Morgan fingerprint density at radius 1 is 1.16 bits per heavy atom. The standard InChI is InChI=1S/C18H19N3O4/c19-14-3-1-2-13(12-14)18(22)20-10-8-17(9-11-20)25-16-6-4-15(5-7-16)21(23)24/h1-7,12,17H,8-11,19H2. The Bertz CT molecular complexity index is 768. The van der Waals surface area contributed by atoms with Crippen molar-refractivity contribution in [1.82, 2.24) is 4.90 Å². The second kappa shape index (κ2) is 7.21. The lowest BCUT2D eigenvalue weighted by molar-refractivity contribution is -0.384. The molecule has 2 aromatic rings. The van der Waals surface area contributed by atoms with Crippen LogP contribution in [-0.4, -0.2) is 34.9 Å². The van der Waals surface area contributed by atoms with E-state index in [1.54, 1.807) is 41.3 Å². The summed E-state index contributed by atoms with van der Waals surface area (Å²) in [7, 11) is 0. The summed E-state index contributed by atoms with van der Waals surface area (Å²) in [5, 5.41) is 10.7. The van der Waals surface area contributed by atoms with E-state index in [1.807, 2.05) is 0 Å². The average Bonchev–Trinajstić information content (AvgIpc) is 2.62. The highest BCUT2D eigenvalue weighted by molar-refractivity contribution is 5.95. The van der Waals surface area contributed by atoms with E-state index < -0.39 is 4.92 Å². The second-order valence-electron chi connectivity index (χ2n) is 5.99. The number of nitrogen functional groups attached to an aromatic ring is 1. The van der Waals surface area contributed by atoms with Crippen LogP contribution in [0.4, 0.5) is 11.4 Å². The van der Waals surface area contributed by atoms with Gasteiger partial charge in [-0.1, -0.05) is 6.07 Å². The summed E-state index contributed by atoms with van der Waals surface area (Å²) in [4.78, 5) is 24.5. The van der Waals surface area contributed by atoms with Crippen LogP contribution in [0.2, 0.25) is 0 Å². The first-order valence-corrected chi connectivity index (χ1v) is 8.09. The Balaban J connectivity index is 1.55. The van der Waals surface area contributed by atoms with Gasteiger partial charge in [-0.3, -0.25) is 14.9 Å². The van der Waals surface area contributed by atoms with Crippen LogP contribution in [0.15, 0.2) is 48.5 Å². The summed E-state index contributed by atoms with van der Waals surface area (Å²) in [6.07, 6.45) is 1.42. The summed E-state index contributed by atoms with van der Waals surface area (Å²) in [5.74, 6) is 0.576. The smallest absolute Gasteiger partial charge is 0.269 e. The molecule has 0 spiro atoms. The number of hydrogen-bond donors (Lipinski definition) is 1. The van der Waals surface area contributed by atoms with Gasteiger partial charge in [0.05, 0.1) is 4.92 Å². The highest BCUT2D eigenvalue weighted by Gasteiger charge is 2.24.